The summed E-state index contributed by atoms with van der Waals surface area (Å²) >= 11 is 0. The smallest absolute Gasteiger partial charge is 0.198 e. The van der Waals surface area contributed by atoms with Gasteiger partial charge in [-0.3, -0.25) is 4.79 Å². The van der Waals surface area contributed by atoms with Gasteiger partial charge in [-0.1, -0.05) is 40.0 Å². The van der Waals surface area contributed by atoms with Crippen molar-refractivity contribution in [3.05, 3.63) is 23.8 Å². The molecule has 0 fully saturated rings. The molecular formula is C16H28N4O. The number of carbonyl (C=O) groups is 1. The van der Waals surface area contributed by atoms with Crippen molar-refractivity contribution in [2.75, 3.05) is 6.54 Å². The van der Waals surface area contributed by atoms with E-state index in [0.29, 0.717) is 11.5 Å². The van der Waals surface area contributed by atoms with Crippen LogP contribution in [0.2, 0.25) is 0 Å². The predicted molar refractivity (Wildman–Crippen MR) is 85.0 cm³/mol. The van der Waals surface area contributed by atoms with Crippen molar-refractivity contribution >= 4 is 5.78 Å². The fourth-order valence-corrected chi connectivity index (χ4v) is 2.21. The number of aromatic nitrogens is 2. The van der Waals surface area contributed by atoms with Crippen molar-refractivity contribution in [2.45, 2.75) is 59.0 Å². The van der Waals surface area contributed by atoms with Crippen LogP contribution in [-0.2, 0) is 6.54 Å². The standard InChI is InChI=1S/C16H28N4O/c1-4-6-7-9-19-15(12(3)5-2)16(21)13-8-10-18-14(11-17)20-13/h8,10,12,15,19H,4-7,9,11,17H2,1-3H3. The Balaban J connectivity index is 2.78. The molecular weight excluding hydrogens is 264 g/mol. The molecule has 0 amide bonds. The average Bonchev–Trinajstić information content (AvgIpc) is 2.53. The maximum absolute atomic E-state index is 12.7. The summed E-state index contributed by atoms with van der Waals surface area (Å²) in [5.74, 6) is 0.822. The van der Waals surface area contributed by atoms with Crippen molar-refractivity contribution in [2.24, 2.45) is 11.7 Å². The lowest BCUT2D eigenvalue weighted by molar-refractivity contribution is 0.0904. The number of unbranched alkanes of at least 4 members (excludes halogenated alkanes) is 2. The number of nitrogens with one attached hydrogen (secondary N) is 1. The lowest BCUT2D eigenvalue weighted by Gasteiger charge is -2.23. The Morgan fingerprint density at radius 2 is 2.14 bits per heavy atom. The van der Waals surface area contributed by atoms with E-state index in [-0.39, 0.29) is 24.3 Å². The summed E-state index contributed by atoms with van der Waals surface area (Å²) in [7, 11) is 0. The van der Waals surface area contributed by atoms with Gasteiger partial charge in [0.1, 0.15) is 11.5 Å². The largest absolute Gasteiger partial charge is 0.324 e. The maximum atomic E-state index is 12.7. The van der Waals surface area contributed by atoms with Gasteiger partial charge in [0.15, 0.2) is 5.78 Å². The first-order chi connectivity index (χ1) is 10.1. The second-order valence-electron chi connectivity index (χ2n) is 5.45. The van der Waals surface area contributed by atoms with Gasteiger partial charge in [-0.25, -0.2) is 9.97 Å². The lowest BCUT2D eigenvalue weighted by Crippen LogP contribution is -2.42. The Morgan fingerprint density at radius 3 is 2.76 bits per heavy atom. The lowest BCUT2D eigenvalue weighted by atomic mass is 9.93. The van der Waals surface area contributed by atoms with Crippen LogP contribution in [0.5, 0.6) is 0 Å². The minimum absolute atomic E-state index is 0.0398. The summed E-state index contributed by atoms with van der Waals surface area (Å²) in [5.41, 5.74) is 6.00. The first kappa shape index (κ1) is 17.7. The minimum atomic E-state index is -0.188. The summed E-state index contributed by atoms with van der Waals surface area (Å²) in [4.78, 5) is 21.0. The highest BCUT2D eigenvalue weighted by Gasteiger charge is 2.25. The molecule has 0 aliphatic rings. The van der Waals surface area contributed by atoms with Gasteiger partial charge in [-0.05, 0) is 24.9 Å². The zero-order chi connectivity index (χ0) is 15.7. The van der Waals surface area contributed by atoms with Gasteiger partial charge in [-0.2, -0.15) is 0 Å². The van der Waals surface area contributed by atoms with Gasteiger partial charge in [-0.15, -0.1) is 0 Å². The molecule has 1 aromatic heterocycles. The Kier molecular flexibility index (Phi) is 8.08. The molecule has 0 aliphatic heterocycles. The molecule has 0 aromatic carbocycles. The summed E-state index contributed by atoms with van der Waals surface area (Å²) < 4.78 is 0. The van der Waals surface area contributed by atoms with Crippen molar-refractivity contribution in [1.29, 1.82) is 0 Å². The average molecular weight is 292 g/mol. The number of Topliss-reactive ketones (excluding diaryl/α,β-unsaturated/α-hetero) is 1. The highest BCUT2D eigenvalue weighted by Crippen LogP contribution is 2.13. The van der Waals surface area contributed by atoms with E-state index in [2.05, 4.69) is 36.1 Å². The van der Waals surface area contributed by atoms with Crippen LogP contribution >= 0.6 is 0 Å². The summed E-state index contributed by atoms with van der Waals surface area (Å²) in [6, 6.07) is 1.48. The molecule has 2 atom stereocenters. The SMILES string of the molecule is CCCCCNC(C(=O)c1ccnc(CN)n1)C(C)CC. The molecule has 3 N–H and O–H groups in total. The van der Waals surface area contributed by atoms with Crippen LogP contribution in [0.3, 0.4) is 0 Å². The van der Waals surface area contributed by atoms with Gasteiger partial charge < -0.3 is 11.1 Å². The Labute approximate surface area is 127 Å². The third-order valence-electron chi connectivity index (χ3n) is 3.78. The molecule has 0 spiro atoms. The predicted octanol–water partition coefficient (Wildman–Crippen LogP) is 2.31. The minimum Gasteiger partial charge on any atom is -0.324 e. The number of hydrogen-bond donors (Lipinski definition) is 2. The van der Waals surface area contributed by atoms with Gasteiger partial charge in [0, 0.05) is 6.20 Å². The van der Waals surface area contributed by atoms with E-state index in [4.69, 9.17) is 5.73 Å². The Bertz CT molecular complexity index is 436. The van der Waals surface area contributed by atoms with Crippen LogP contribution in [0.15, 0.2) is 12.3 Å². The van der Waals surface area contributed by atoms with Crippen LogP contribution in [-0.4, -0.2) is 28.3 Å². The molecule has 0 saturated carbocycles. The first-order valence-corrected chi connectivity index (χ1v) is 7.93. The van der Waals surface area contributed by atoms with Crippen molar-refractivity contribution < 1.29 is 4.79 Å². The quantitative estimate of drug-likeness (QED) is 0.511. The summed E-state index contributed by atoms with van der Waals surface area (Å²) in [6.45, 7) is 7.49. The molecule has 1 heterocycles. The Morgan fingerprint density at radius 1 is 1.38 bits per heavy atom. The van der Waals surface area contributed by atoms with Gasteiger partial charge in [0.05, 0.1) is 12.6 Å². The molecule has 2 unspecified atom stereocenters. The van der Waals surface area contributed by atoms with E-state index in [1.54, 1.807) is 12.3 Å². The second-order valence-corrected chi connectivity index (χ2v) is 5.45. The number of rotatable bonds is 10. The molecule has 5 nitrogen and oxygen atoms in total. The molecule has 0 saturated heterocycles. The van der Waals surface area contributed by atoms with E-state index in [9.17, 15) is 4.79 Å². The van der Waals surface area contributed by atoms with Crippen molar-refractivity contribution in [3.63, 3.8) is 0 Å². The van der Waals surface area contributed by atoms with Gasteiger partial charge in [0.2, 0.25) is 0 Å². The molecule has 0 aliphatic carbocycles. The first-order valence-electron chi connectivity index (χ1n) is 7.93. The molecule has 118 valence electrons. The zero-order valence-electron chi connectivity index (χ0n) is 13.4. The molecule has 1 rings (SSSR count). The number of carbonyl (C=O) groups excluding carboxylic acids is 1. The number of ketones is 1. The number of nitrogens with two attached hydrogens (primary N) is 1. The third kappa shape index (κ3) is 5.52. The highest BCUT2D eigenvalue weighted by atomic mass is 16.1. The topological polar surface area (TPSA) is 80.9 Å². The zero-order valence-corrected chi connectivity index (χ0v) is 13.4. The number of hydrogen-bond acceptors (Lipinski definition) is 5. The van der Waals surface area contributed by atoms with Crippen molar-refractivity contribution in [1.82, 2.24) is 15.3 Å². The third-order valence-corrected chi connectivity index (χ3v) is 3.78. The second kappa shape index (κ2) is 9.58. The van der Waals surface area contributed by atoms with Crippen LogP contribution in [0.1, 0.15) is 62.8 Å². The maximum Gasteiger partial charge on any atom is 0.198 e. The van der Waals surface area contributed by atoms with Gasteiger partial charge in [0.25, 0.3) is 0 Å². The fraction of sp³-hybridized carbons (Fsp3) is 0.688. The summed E-state index contributed by atoms with van der Waals surface area (Å²) in [6.07, 6.45) is 6.00. The van der Waals surface area contributed by atoms with Crippen LogP contribution in [0.25, 0.3) is 0 Å². The van der Waals surface area contributed by atoms with E-state index in [1.807, 2.05) is 0 Å². The molecule has 0 bridgehead atoms. The van der Waals surface area contributed by atoms with Crippen LogP contribution in [0, 0.1) is 5.92 Å². The van der Waals surface area contributed by atoms with Crippen LogP contribution < -0.4 is 11.1 Å². The monoisotopic (exact) mass is 292 g/mol. The van der Waals surface area contributed by atoms with E-state index >= 15 is 0 Å². The fourth-order valence-electron chi connectivity index (χ4n) is 2.21. The van der Waals surface area contributed by atoms with E-state index < -0.39 is 0 Å². The van der Waals surface area contributed by atoms with E-state index in [0.717, 1.165) is 19.4 Å². The number of nitrogens with zero attached hydrogens (tertiary/aromatic N) is 2. The highest BCUT2D eigenvalue weighted by molar-refractivity contribution is 5.98. The molecule has 5 heteroatoms. The molecule has 1 aromatic rings. The normalized spacial score (nSPS) is 13.9. The van der Waals surface area contributed by atoms with Crippen molar-refractivity contribution in [3.8, 4) is 0 Å². The molecule has 21 heavy (non-hydrogen) atoms. The van der Waals surface area contributed by atoms with E-state index in [1.165, 1.54) is 12.8 Å². The van der Waals surface area contributed by atoms with Crippen LogP contribution in [0.4, 0.5) is 0 Å². The molecule has 0 radical (unpaired) electrons. The Hall–Kier alpha value is -1.33. The summed E-state index contributed by atoms with van der Waals surface area (Å²) in [5, 5.41) is 3.40. The van der Waals surface area contributed by atoms with Gasteiger partial charge >= 0.3 is 0 Å².